The number of β-amino-alcohol motifs (C(OH)–C–C–N with tert-alkyl or cyclic N) is 1. The summed E-state index contributed by atoms with van der Waals surface area (Å²) in [5.74, 6) is -0.646. The molecule has 2 amide bonds. The fourth-order valence-electron chi connectivity index (χ4n) is 3.70. The van der Waals surface area contributed by atoms with Crippen LogP contribution < -0.4 is 10.2 Å². The average Bonchev–Trinajstić information content (AvgIpc) is 2.63. The molecular weight excluding hydrogens is 306 g/mol. The smallest absolute Gasteiger partial charge is 0.261 e. The van der Waals surface area contributed by atoms with Gasteiger partial charge in [-0.1, -0.05) is 12.1 Å². The van der Waals surface area contributed by atoms with Gasteiger partial charge in [0.25, 0.3) is 11.8 Å². The number of rotatable bonds is 3. The zero-order valence-corrected chi connectivity index (χ0v) is 13.4. The molecule has 0 unspecified atom stereocenters. The van der Waals surface area contributed by atoms with Crippen LogP contribution in [0.4, 0.5) is 5.69 Å². The van der Waals surface area contributed by atoms with Crippen LogP contribution in [0.5, 0.6) is 0 Å². The third-order valence-electron chi connectivity index (χ3n) is 4.84. The molecule has 4 rings (SSSR count). The summed E-state index contributed by atoms with van der Waals surface area (Å²) in [6.45, 7) is 3.80. The number of quaternary nitrogens is 1. The second-order valence-corrected chi connectivity index (χ2v) is 6.20. The van der Waals surface area contributed by atoms with E-state index in [1.165, 1.54) is 0 Å². The first-order valence-corrected chi connectivity index (χ1v) is 8.32. The van der Waals surface area contributed by atoms with Gasteiger partial charge >= 0.3 is 0 Å². The molecule has 0 atom stereocenters. The normalized spacial score (nSPS) is 17.7. The number of aliphatic hydroxyl groups excluding tert-OH is 1. The average molecular weight is 326 g/mol. The molecule has 6 heteroatoms. The lowest BCUT2D eigenvalue weighted by Gasteiger charge is -2.31. The predicted molar refractivity (Wildman–Crippen MR) is 90.3 cm³/mol. The van der Waals surface area contributed by atoms with Crippen molar-refractivity contribution in [2.24, 2.45) is 0 Å². The Morgan fingerprint density at radius 2 is 1.71 bits per heavy atom. The Labute approximate surface area is 139 Å². The van der Waals surface area contributed by atoms with E-state index in [-0.39, 0.29) is 25.0 Å². The number of carbonyl (C=O) groups is 2. The lowest BCUT2D eigenvalue weighted by Crippen LogP contribution is -2.89. The number of hydrogen-bond acceptors (Lipinski definition) is 4. The van der Waals surface area contributed by atoms with Crippen molar-refractivity contribution in [3.8, 4) is 0 Å². The number of benzene rings is 2. The third-order valence-corrected chi connectivity index (χ3v) is 4.84. The molecule has 0 radical (unpaired) electrons. The number of nitrogens with two attached hydrogens (primary N) is 1. The Balaban J connectivity index is 1.90. The standard InChI is InChI=1S/C18H19N3O3/c22-11-10-21-17(23)13-3-1-2-12-15(20-8-6-19-7-9-20)5-4-14(16(12)13)18(21)24/h1-5,19,22H,6-11H2/p+1. The Morgan fingerprint density at radius 1 is 1.00 bits per heavy atom. The number of piperazine rings is 1. The summed E-state index contributed by atoms with van der Waals surface area (Å²) in [5.41, 5.74) is 2.17. The molecule has 24 heavy (non-hydrogen) atoms. The maximum absolute atomic E-state index is 12.7. The Bertz CT molecular complexity index is 805. The minimum atomic E-state index is -0.323. The van der Waals surface area contributed by atoms with Gasteiger partial charge in [0.1, 0.15) is 0 Å². The van der Waals surface area contributed by atoms with Crippen LogP contribution in [0.15, 0.2) is 30.3 Å². The topological polar surface area (TPSA) is 77.5 Å². The van der Waals surface area contributed by atoms with Crippen LogP contribution in [-0.4, -0.2) is 61.2 Å². The summed E-state index contributed by atoms with van der Waals surface area (Å²) in [4.78, 5) is 28.8. The lowest BCUT2D eigenvalue weighted by molar-refractivity contribution is -0.655. The Morgan fingerprint density at radius 3 is 2.42 bits per heavy atom. The minimum Gasteiger partial charge on any atom is -0.395 e. The molecule has 0 saturated carbocycles. The third kappa shape index (κ3) is 2.18. The van der Waals surface area contributed by atoms with Gasteiger partial charge < -0.3 is 15.3 Å². The zero-order chi connectivity index (χ0) is 16.7. The van der Waals surface area contributed by atoms with Crippen molar-refractivity contribution in [1.29, 1.82) is 0 Å². The molecular formula is C18H20N3O3+. The van der Waals surface area contributed by atoms with Crippen LogP contribution in [-0.2, 0) is 0 Å². The van der Waals surface area contributed by atoms with Crippen LogP contribution in [0.1, 0.15) is 20.7 Å². The molecule has 0 bridgehead atoms. The highest BCUT2D eigenvalue weighted by Crippen LogP contribution is 2.35. The SMILES string of the molecule is O=C1c2cccc3c(N4CC[NH2+]CC4)ccc(c23)C(=O)N1CCO. The number of anilines is 1. The van der Waals surface area contributed by atoms with Crippen LogP contribution in [0, 0.1) is 0 Å². The van der Waals surface area contributed by atoms with Crippen molar-refractivity contribution in [1.82, 2.24) is 4.90 Å². The largest absolute Gasteiger partial charge is 0.395 e. The quantitative estimate of drug-likeness (QED) is 0.767. The van der Waals surface area contributed by atoms with E-state index < -0.39 is 0 Å². The molecule has 2 aromatic rings. The lowest BCUT2D eigenvalue weighted by atomic mass is 9.92. The number of nitrogens with zero attached hydrogens (tertiary/aromatic N) is 2. The van der Waals surface area contributed by atoms with Gasteiger partial charge in [-0.3, -0.25) is 14.5 Å². The van der Waals surface area contributed by atoms with E-state index in [9.17, 15) is 9.59 Å². The number of carbonyl (C=O) groups excluding carboxylic acids is 2. The number of amides is 2. The zero-order valence-electron chi connectivity index (χ0n) is 13.4. The van der Waals surface area contributed by atoms with Gasteiger partial charge in [-0.25, -0.2) is 0 Å². The maximum Gasteiger partial charge on any atom is 0.261 e. The highest BCUT2D eigenvalue weighted by molar-refractivity contribution is 6.26. The van der Waals surface area contributed by atoms with E-state index in [4.69, 9.17) is 5.11 Å². The molecule has 0 aromatic heterocycles. The highest BCUT2D eigenvalue weighted by atomic mass is 16.3. The van der Waals surface area contributed by atoms with E-state index in [2.05, 4.69) is 10.2 Å². The number of hydrogen-bond donors (Lipinski definition) is 2. The molecule has 2 heterocycles. The first kappa shape index (κ1) is 15.1. The molecule has 0 spiro atoms. The summed E-state index contributed by atoms with van der Waals surface area (Å²) in [5, 5.41) is 13.1. The van der Waals surface area contributed by atoms with E-state index >= 15 is 0 Å². The van der Waals surface area contributed by atoms with Crippen molar-refractivity contribution in [3.63, 3.8) is 0 Å². The first-order chi connectivity index (χ1) is 11.7. The maximum atomic E-state index is 12.7. The summed E-state index contributed by atoms with van der Waals surface area (Å²) >= 11 is 0. The van der Waals surface area contributed by atoms with Crippen molar-refractivity contribution in [3.05, 3.63) is 41.5 Å². The van der Waals surface area contributed by atoms with Crippen molar-refractivity contribution in [2.45, 2.75) is 0 Å². The predicted octanol–water partition coefficient (Wildman–Crippen LogP) is -0.188. The summed E-state index contributed by atoms with van der Waals surface area (Å²) in [7, 11) is 0. The molecule has 3 N–H and O–H groups in total. The molecule has 2 aliphatic heterocycles. The van der Waals surface area contributed by atoms with Crippen molar-refractivity contribution < 1.29 is 20.0 Å². The van der Waals surface area contributed by atoms with Crippen molar-refractivity contribution in [2.75, 3.05) is 44.2 Å². The molecule has 2 aromatic carbocycles. The van der Waals surface area contributed by atoms with Gasteiger partial charge in [-0.15, -0.1) is 0 Å². The van der Waals surface area contributed by atoms with Crippen LogP contribution in [0.2, 0.25) is 0 Å². The van der Waals surface area contributed by atoms with Gasteiger partial charge in [-0.05, 0) is 18.2 Å². The van der Waals surface area contributed by atoms with Gasteiger partial charge in [0, 0.05) is 27.6 Å². The molecule has 2 aliphatic rings. The summed E-state index contributed by atoms with van der Waals surface area (Å²) in [6.07, 6.45) is 0. The van der Waals surface area contributed by atoms with Gasteiger partial charge in [0.05, 0.1) is 39.3 Å². The molecule has 6 nitrogen and oxygen atoms in total. The summed E-state index contributed by atoms with van der Waals surface area (Å²) < 4.78 is 0. The van der Waals surface area contributed by atoms with E-state index in [0.717, 1.165) is 47.5 Å². The van der Waals surface area contributed by atoms with E-state index in [1.54, 1.807) is 6.07 Å². The molecule has 124 valence electrons. The van der Waals surface area contributed by atoms with Gasteiger partial charge in [-0.2, -0.15) is 0 Å². The highest BCUT2D eigenvalue weighted by Gasteiger charge is 2.33. The van der Waals surface area contributed by atoms with Crippen molar-refractivity contribution >= 4 is 28.3 Å². The minimum absolute atomic E-state index is 0.0250. The monoisotopic (exact) mass is 326 g/mol. The number of imide groups is 1. The fourth-order valence-corrected chi connectivity index (χ4v) is 3.70. The second-order valence-electron chi connectivity index (χ2n) is 6.20. The Hall–Kier alpha value is -2.44. The second kappa shape index (κ2) is 5.89. The number of aliphatic hydroxyl groups is 1. The summed E-state index contributed by atoms with van der Waals surface area (Å²) in [6, 6.07) is 9.42. The van der Waals surface area contributed by atoms with Crippen LogP contribution in [0.25, 0.3) is 10.8 Å². The fraction of sp³-hybridized carbons (Fsp3) is 0.333. The molecule has 1 fully saturated rings. The van der Waals surface area contributed by atoms with Gasteiger partial charge in [0.15, 0.2) is 0 Å². The van der Waals surface area contributed by atoms with Gasteiger partial charge in [0.2, 0.25) is 0 Å². The van der Waals surface area contributed by atoms with Crippen LogP contribution in [0.3, 0.4) is 0 Å². The van der Waals surface area contributed by atoms with Crippen LogP contribution >= 0.6 is 0 Å². The molecule has 1 saturated heterocycles. The first-order valence-electron chi connectivity index (χ1n) is 8.32. The van der Waals surface area contributed by atoms with E-state index in [1.807, 2.05) is 24.3 Å². The Kier molecular flexibility index (Phi) is 3.70. The molecule has 0 aliphatic carbocycles. The van der Waals surface area contributed by atoms with E-state index in [0.29, 0.717) is 11.1 Å².